The van der Waals surface area contributed by atoms with Crippen molar-refractivity contribution >= 4 is 29.2 Å². The van der Waals surface area contributed by atoms with Crippen molar-refractivity contribution in [3.63, 3.8) is 0 Å². The molecule has 3 aromatic rings. The third-order valence-electron chi connectivity index (χ3n) is 4.38. The summed E-state index contributed by atoms with van der Waals surface area (Å²) in [5.41, 5.74) is 3.02. The molecule has 1 N–H and O–H groups in total. The lowest BCUT2D eigenvalue weighted by Crippen LogP contribution is -2.44. The van der Waals surface area contributed by atoms with E-state index < -0.39 is 0 Å². The van der Waals surface area contributed by atoms with Gasteiger partial charge in [-0.2, -0.15) is 0 Å². The minimum absolute atomic E-state index is 0.0336. The molecular formula is C17H17N3O3S. The van der Waals surface area contributed by atoms with Crippen molar-refractivity contribution in [1.29, 1.82) is 0 Å². The maximum Gasteiger partial charge on any atom is 0.266 e. The first-order chi connectivity index (χ1) is 11.6. The molecule has 1 fully saturated rings. The largest absolute Gasteiger partial charge is 0.429 e. The number of morpholine rings is 1. The minimum atomic E-state index is -0.0976. The molecule has 4 rings (SSSR count). The molecule has 0 bridgehead atoms. The zero-order valence-corrected chi connectivity index (χ0v) is 14.0. The molecule has 6 nitrogen and oxygen atoms in total. The highest BCUT2D eigenvalue weighted by atomic mass is 32.1. The summed E-state index contributed by atoms with van der Waals surface area (Å²) in [5.74, 6) is -0.0336. The molecule has 1 aromatic carbocycles. The molecule has 24 heavy (non-hydrogen) atoms. The predicted octanol–water partition coefficient (Wildman–Crippen LogP) is 3.04. The number of benzene rings is 1. The summed E-state index contributed by atoms with van der Waals surface area (Å²) < 4.78 is 13.1. The molecule has 2 aromatic heterocycles. The molecule has 3 heterocycles. The van der Waals surface area contributed by atoms with Crippen LogP contribution in [-0.2, 0) is 11.8 Å². The maximum atomic E-state index is 13.1. The zero-order valence-electron chi connectivity index (χ0n) is 13.2. The molecule has 124 valence electrons. The number of hydrogen-bond donors (Lipinski definition) is 1. The van der Waals surface area contributed by atoms with E-state index in [0.29, 0.717) is 35.7 Å². The van der Waals surface area contributed by atoms with E-state index in [1.54, 1.807) is 12.1 Å². The monoisotopic (exact) mass is 343 g/mol. The standard InChI is InChI=1S/C17H17N3O3S/c1-19-6-2-3-13(19)14-10-22-8-7-20(14)16(21)11-4-5-12-15(9-11)23-17(24)18-12/h2-6,9,14H,7-8,10H2,1H3,(H,18,24). The van der Waals surface area contributed by atoms with Crippen molar-refractivity contribution in [3.8, 4) is 0 Å². The number of hydrogen-bond acceptors (Lipinski definition) is 4. The summed E-state index contributed by atoms with van der Waals surface area (Å²) in [4.78, 5) is 18.2. The normalized spacial score (nSPS) is 18.2. The average molecular weight is 343 g/mol. The lowest BCUT2D eigenvalue weighted by Gasteiger charge is -2.36. The number of rotatable bonds is 2. The highest BCUT2D eigenvalue weighted by Gasteiger charge is 2.30. The van der Waals surface area contributed by atoms with Gasteiger partial charge < -0.3 is 23.6 Å². The van der Waals surface area contributed by atoms with Crippen LogP contribution in [-0.4, -0.2) is 40.1 Å². The predicted molar refractivity (Wildman–Crippen MR) is 91.4 cm³/mol. The zero-order chi connectivity index (χ0) is 16.7. The number of aromatic nitrogens is 2. The van der Waals surface area contributed by atoms with Crippen LogP contribution in [0.5, 0.6) is 0 Å². The van der Waals surface area contributed by atoms with E-state index in [2.05, 4.69) is 4.98 Å². The van der Waals surface area contributed by atoms with E-state index in [0.717, 1.165) is 11.2 Å². The Bertz CT molecular complexity index is 955. The number of fused-ring (bicyclic) bond motifs is 1. The number of ether oxygens (including phenoxy) is 1. The first-order valence-corrected chi connectivity index (χ1v) is 8.17. The number of carbonyl (C=O) groups excluding carboxylic acids is 1. The second-order valence-corrected chi connectivity index (χ2v) is 6.23. The molecule has 1 atom stereocenters. The van der Waals surface area contributed by atoms with Crippen LogP contribution in [0.25, 0.3) is 11.1 Å². The second kappa shape index (κ2) is 5.92. The Morgan fingerprint density at radius 2 is 2.25 bits per heavy atom. The van der Waals surface area contributed by atoms with Crippen molar-refractivity contribution in [2.24, 2.45) is 7.05 Å². The van der Waals surface area contributed by atoms with Crippen LogP contribution in [0.2, 0.25) is 0 Å². The number of H-pyrrole nitrogens is 1. The fourth-order valence-corrected chi connectivity index (χ4v) is 3.36. The first kappa shape index (κ1) is 15.2. The van der Waals surface area contributed by atoms with Gasteiger partial charge in [0.05, 0.1) is 24.8 Å². The van der Waals surface area contributed by atoms with E-state index >= 15 is 0 Å². The van der Waals surface area contributed by atoms with Gasteiger partial charge in [-0.25, -0.2) is 0 Å². The van der Waals surface area contributed by atoms with Gasteiger partial charge in [-0.05, 0) is 42.5 Å². The Morgan fingerprint density at radius 1 is 1.38 bits per heavy atom. The smallest absolute Gasteiger partial charge is 0.266 e. The van der Waals surface area contributed by atoms with Gasteiger partial charge in [0.1, 0.15) is 0 Å². The molecule has 0 radical (unpaired) electrons. The number of aromatic amines is 1. The molecule has 0 saturated carbocycles. The third kappa shape index (κ3) is 2.55. The van der Waals surface area contributed by atoms with Gasteiger partial charge in [0.15, 0.2) is 5.58 Å². The van der Waals surface area contributed by atoms with Crippen molar-refractivity contribution in [3.05, 3.63) is 52.6 Å². The van der Waals surface area contributed by atoms with Crippen LogP contribution in [0.15, 0.2) is 40.9 Å². The lowest BCUT2D eigenvalue weighted by atomic mass is 10.1. The summed E-state index contributed by atoms with van der Waals surface area (Å²) in [6.45, 7) is 1.60. The Hall–Kier alpha value is -2.38. The highest BCUT2D eigenvalue weighted by molar-refractivity contribution is 7.71. The van der Waals surface area contributed by atoms with Crippen molar-refractivity contribution in [2.45, 2.75) is 6.04 Å². The number of oxazole rings is 1. The molecule has 0 aliphatic carbocycles. The Labute approximate surface area is 143 Å². The topological polar surface area (TPSA) is 63.4 Å². The SMILES string of the molecule is Cn1cccc1C1COCCN1C(=O)c1ccc2[nH]c(=S)oc2c1. The van der Waals surface area contributed by atoms with Gasteiger partial charge in [-0.15, -0.1) is 0 Å². The van der Waals surface area contributed by atoms with Crippen LogP contribution in [0, 0.1) is 4.84 Å². The van der Waals surface area contributed by atoms with E-state index in [1.807, 2.05) is 40.9 Å². The summed E-state index contributed by atoms with van der Waals surface area (Å²) in [5, 5.41) is 0. The molecule has 1 saturated heterocycles. The van der Waals surface area contributed by atoms with Crippen molar-refractivity contribution in [1.82, 2.24) is 14.5 Å². The molecular weight excluding hydrogens is 326 g/mol. The van der Waals surface area contributed by atoms with Crippen LogP contribution < -0.4 is 0 Å². The lowest BCUT2D eigenvalue weighted by molar-refractivity contribution is -0.00462. The number of carbonyl (C=O) groups is 1. The Kier molecular flexibility index (Phi) is 3.74. The summed E-state index contributed by atoms with van der Waals surface area (Å²) in [6.07, 6.45) is 1.97. The summed E-state index contributed by atoms with van der Waals surface area (Å²) in [7, 11) is 1.97. The molecule has 1 unspecified atom stereocenters. The fraction of sp³-hybridized carbons (Fsp3) is 0.294. The first-order valence-electron chi connectivity index (χ1n) is 7.76. The number of aryl methyl sites for hydroxylation is 1. The molecule has 1 aliphatic rings. The Balaban J connectivity index is 1.69. The third-order valence-corrected chi connectivity index (χ3v) is 4.57. The van der Waals surface area contributed by atoms with E-state index in [4.69, 9.17) is 21.4 Å². The van der Waals surface area contributed by atoms with Gasteiger partial charge in [0.2, 0.25) is 0 Å². The van der Waals surface area contributed by atoms with Gasteiger partial charge in [-0.3, -0.25) is 4.79 Å². The highest BCUT2D eigenvalue weighted by Crippen LogP contribution is 2.27. The van der Waals surface area contributed by atoms with Gasteiger partial charge >= 0.3 is 0 Å². The van der Waals surface area contributed by atoms with Gasteiger partial charge in [0, 0.05) is 31.0 Å². The summed E-state index contributed by atoms with van der Waals surface area (Å²) >= 11 is 5.00. The molecule has 7 heteroatoms. The number of amides is 1. The number of nitrogens with zero attached hydrogens (tertiary/aromatic N) is 2. The van der Waals surface area contributed by atoms with Crippen LogP contribution in [0.1, 0.15) is 22.1 Å². The Morgan fingerprint density at radius 3 is 3.04 bits per heavy atom. The second-order valence-electron chi connectivity index (χ2n) is 5.86. The molecule has 1 aliphatic heterocycles. The van der Waals surface area contributed by atoms with Crippen molar-refractivity contribution < 1.29 is 13.9 Å². The molecule has 0 spiro atoms. The average Bonchev–Trinajstić information content (AvgIpc) is 3.17. The summed E-state index contributed by atoms with van der Waals surface area (Å²) in [6, 6.07) is 9.25. The van der Waals surface area contributed by atoms with Gasteiger partial charge in [-0.1, -0.05) is 0 Å². The number of nitrogens with one attached hydrogen (secondary N) is 1. The van der Waals surface area contributed by atoms with E-state index in [-0.39, 0.29) is 11.9 Å². The van der Waals surface area contributed by atoms with Crippen LogP contribution in [0.3, 0.4) is 0 Å². The van der Waals surface area contributed by atoms with Crippen LogP contribution in [0.4, 0.5) is 0 Å². The minimum Gasteiger partial charge on any atom is -0.429 e. The van der Waals surface area contributed by atoms with Crippen LogP contribution >= 0.6 is 12.2 Å². The fourth-order valence-electron chi connectivity index (χ4n) is 3.16. The van der Waals surface area contributed by atoms with Gasteiger partial charge in [0.25, 0.3) is 10.7 Å². The van der Waals surface area contributed by atoms with E-state index in [9.17, 15) is 4.79 Å². The quantitative estimate of drug-likeness (QED) is 0.727. The maximum absolute atomic E-state index is 13.1. The van der Waals surface area contributed by atoms with Crippen molar-refractivity contribution in [2.75, 3.05) is 19.8 Å². The molecule has 1 amide bonds. The van der Waals surface area contributed by atoms with E-state index in [1.165, 1.54) is 0 Å².